The number of ketones is 1. The first-order chi connectivity index (χ1) is 7.65. The molecular formula is C11H12ClN3O. The SMILES string of the molecule is Cc1cc(C(=O)CCCN=[N+]=[N-])ccc1Cl. The smallest absolute Gasteiger partial charge is 0.162 e. The average molecular weight is 238 g/mol. The number of Topliss-reactive ketones (excluding diaryl/α,β-unsaturated/α-hetero) is 1. The summed E-state index contributed by atoms with van der Waals surface area (Å²) in [5.41, 5.74) is 9.62. The van der Waals surface area contributed by atoms with Gasteiger partial charge in [0.15, 0.2) is 5.78 Å². The standard InChI is InChI=1S/C11H12ClN3O/c1-8-7-9(4-5-10(8)12)11(16)3-2-6-14-15-13/h4-5,7H,2-3,6H2,1H3. The van der Waals surface area contributed by atoms with Crippen LogP contribution in [0.1, 0.15) is 28.8 Å². The minimum Gasteiger partial charge on any atom is -0.294 e. The third kappa shape index (κ3) is 3.57. The molecule has 0 spiro atoms. The van der Waals surface area contributed by atoms with Crippen molar-refractivity contribution in [3.8, 4) is 0 Å². The fraction of sp³-hybridized carbons (Fsp3) is 0.364. The lowest BCUT2D eigenvalue weighted by molar-refractivity contribution is 0.0980. The normalized spacial score (nSPS) is 9.62. The van der Waals surface area contributed by atoms with E-state index in [2.05, 4.69) is 10.0 Å². The molecule has 16 heavy (non-hydrogen) atoms. The van der Waals surface area contributed by atoms with Gasteiger partial charge in [-0.25, -0.2) is 0 Å². The van der Waals surface area contributed by atoms with Gasteiger partial charge in [0.2, 0.25) is 0 Å². The van der Waals surface area contributed by atoms with Crippen LogP contribution in [0.5, 0.6) is 0 Å². The summed E-state index contributed by atoms with van der Waals surface area (Å²) < 4.78 is 0. The number of aryl methyl sites for hydroxylation is 1. The Labute approximate surface area is 98.9 Å². The maximum Gasteiger partial charge on any atom is 0.162 e. The van der Waals surface area contributed by atoms with Crippen LogP contribution in [0.15, 0.2) is 23.3 Å². The highest BCUT2D eigenvalue weighted by Crippen LogP contribution is 2.17. The maximum absolute atomic E-state index is 11.7. The molecule has 84 valence electrons. The highest BCUT2D eigenvalue weighted by Gasteiger charge is 2.06. The van der Waals surface area contributed by atoms with Crippen molar-refractivity contribution in [1.82, 2.24) is 0 Å². The van der Waals surface area contributed by atoms with Gasteiger partial charge < -0.3 is 0 Å². The molecule has 1 rings (SSSR count). The van der Waals surface area contributed by atoms with Crippen LogP contribution < -0.4 is 0 Å². The van der Waals surface area contributed by atoms with Crippen molar-refractivity contribution in [2.75, 3.05) is 6.54 Å². The largest absolute Gasteiger partial charge is 0.294 e. The Morgan fingerprint density at radius 1 is 1.56 bits per heavy atom. The average Bonchev–Trinajstić information content (AvgIpc) is 2.28. The second-order valence-corrected chi connectivity index (χ2v) is 3.85. The Morgan fingerprint density at radius 3 is 2.94 bits per heavy atom. The second-order valence-electron chi connectivity index (χ2n) is 3.45. The zero-order chi connectivity index (χ0) is 12.0. The molecule has 0 unspecified atom stereocenters. The molecule has 0 saturated heterocycles. The van der Waals surface area contributed by atoms with Crippen LogP contribution in [0.2, 0.25) is 5.02 Å². The molecule has 0 aliphatic carbocycles. The van der Waals surface area contributed by atoms with Gasteiger partial charge in [-0.3, -0.25) is 4.79 Å². The third-order valence-corrected chi connectivity index (χ3v) is 2.63. The fourth-order valence-corrected chi connectivity index (χ4v) is 1.44. The van der Waals surface area contributed by atoms with E-state index in [-0.39, 0.29) is 5.78 Å². The number of hydrogen-bond donors (Lipinski definition) is 0. The van der Waals surface area contributed by atoms with Gasteiger partial charge in [0.1, 0.15) is 0 Å². The van der Waals surface area contributed by atoms with Gasteiger partial charge in [0, 0.05) is 28.5 Å². The number of rotatable bonds is 5. The van der Waals surface area contributed by atoms with Gasteiger partial charge in [0.05, 0.1) is 0 Å². The van der Waals surface area contributed by atoms with E-state index < -0.39 is 0 Å². The van der Waals surface area contributed by atoms with Crippen molar-refractivity contribution < 1.29 is 4.79 Å². The molecule has 1 aromatic rings. The second kappa shape index (κ2) is 6.16. The summed E-state index contributed by atoms with van der Waals surface area (Å²) in [6.07, 6.45) is 0.963. The van der Waals surface area contributed by atoms with Gasteiger partial charge in [-0.15, -0.1) is 0 Å². The number of carbonyl (C=O) groups excluding carboxylic acids is 1. The highest BCUT2D eigenvalue weighted by atomic mass is 35.5. The van der Waals surface area contributed by atoms with Gasteiger partial charge in [-0.05, 0) is 42.6 Å². The fourth-order valence-electron chi connectivity index (χ4n) is 1.32. The molecule has 0 heterocycles. The molecule has 0 aliphatic rings. The summed E-state index contributed by atoms with van der Waals surface area (Å²) in [7, 11) is 0. The van der Waals surface area contributed by atoms with E-state index in [1.54, 1.807) is 18.2 Å². The predicted molar refractivity (Wildman–Crippen MR) is 63.8 cm³/mol. The lowest BCUT2D eigenvalue weighted by Crippen LogP contribution is -2.00. The molecular weight excluding hydrogens is 226 g/mol. The van der Waals surface area contributed by atoms with Crippen molar-refractivity contribution in [3.05, 3.63) is 44.8 Å². The van der Waals surface area contributed by atoms with E-state index in [0.29, 0.717) is 30.0 Å². The van der Waals surface area contributed by atoms with Gasteiger partial charge in [0.25, 0.3) is 0 Å². The Hall–Kier alpha value is -1.51. The third-order valence-electron chi connectivity index (χ3n) is 2.21. The Bertz CT molecular complexity index is 439. The minimum absolute atomic E-state index is 0.0490. The van der Waals surface area contributed by atoms with Crippen molar-refractivity contribution in [1.29, 1.82) is 0 Å². The summed E-state index contributed by atoms with van der Waals surface area (Å²) in [6.45, 7) is 2.22. The Kier molecular flexibility index (Phi) is 4.83. The molecule has 0 aromatic heterocycles. The van der Waals surface area contributed by atoms with Crippen LogP contribution >= 0.6 is 11.6 Å². The maximum atomic E-state index is 11.7. The monoisotopic (exact) mass is 237 g/mol. The van der Waals surface area contributed by atoms with Crippen LogP contribution in [0.4, 0.5) is 0 Å². The number of carbonyl (C=O) groups is 1. The molecule has 4 nitrogen and oxygen atoms in total. The molecule has 0 bridgehead atoms. The van der Waals surface area contributed by atoms with E-state index in [0.717, 1.165) is 5.56 Å². The van der Waals surface area contributed by atoms with Crippen LogP contribution in [0.3, 0.4) is 0 Å². The molecule has 0 radical (unpaired) electrons. The van der Waals surface area contributed by atoms with Gasteiger partial charge in [-0.1, -0.05) is 16.7 Å². The summed E-state index contributed by atoms with van der Waals surface area (Å²) in [6, 6.07) is 5.21. The van der Waals surface area contributed by atoms with Crippen LogP contribution in [-0.4, -0.2) is 12.3 Å². The van der Waals surface area contributed by atoms with Crippen LogP contribution in [0, 0.1) is 6.92 Å². The zero-order valence-corrected chi connectivity index (χ0v) is 9.74. The molecule has 0 fully saturated rings. The first-order valence-electron chi connectivity index (χ1n) is 4.95. The van der Waals surface area contributed by atoms with Crippen LogP contribution in [-0.2, 0) is 0 Å². The molecule has 1 aromatic carbocycles. The van der Waals surface area contributed by atoms with Crippen molar-refractivity contribution >= 4 is 17.4 Å². The Balaban J connectivity index is 2.59. The Morgan fingerprint density at radius 2 is 2.31 bits per heavy atom. The number of azide groups is 1. The number of benzene rings is 1. The molecule has 0 atom stereocenters. The molecule has 0 amide bonds. The topological polar surface area (TPSA) is 65.8 Å². The number of hydrogen-bond acceptors (Lipinski definition) is 2. The number of halogens is 1. The summed E-state index contributed by atoms with van der Waals surface area (Å²) in [4.78, 5) is 14.3. The van der Waals surface area contributed by atoms with E-state index >= 15 is 0 Å². The molecule has 5 heteroatoms. The first-order valence-corrected chi connectivity index (χ1v) is 5.33. The van der Waals surface area contributed by atoms with E-state index in [4.69, 9.17) is 17.1 Å². The predicted octanol–water partition coefficient (Wildman–Crippen LogP) is 3.92. The molecule has 0 saturated carbocycles. The van der Waals surface area contributed by atoms with E-state index in [1.807, 2.05) is 6.92 Å². The summed E-state index contributed by atoms with van der Waals surface area (Å²) >= 11 is 5.86. The van der Waals surface area contributed by atoms with E-state index in [1.165, 1.54) is 0 Å². The van der Waals surface area contributed by atoms with Gasteiger partial charge in [-0.2, -0.15) is 0 Å². The molecule has 0 N–H and O–H groups in total. The summed E-state index contributed by atoms with van der Waals surface area (Å²) in [5.74, 6) is 0.0490. The van der Waals surface area contributed by atoms with Crippen molar-refractivity contribution in [2.24, 2.45) is 5.11 Å². The van der Waals surface area contributed by atoms with E-state index in [9.17, 15) is 4.79 Å². The highest BCUT2D eigenvalue weighted by molar-refractivity contribution is 6.31. The zero-order valence-electron chi connectivity index (χ0n) is 8.98. The van der Waals surface area contributed by atoms with Gasteiger partial charge >= 0.3 is 0 Å². The van der Waals surface area contributed by atoms with Crippen molar-refractivity contribution in [3.63, 3.8) is 0 Å². The first kappa shape index (κ1) is 12.6. The molecule has 0 aliphatic heterocycles. The lowest BCUT2D eigenvalue weighted by atomic mass is 10.0. The lowest BCUT2D eigenvalue weighted by Gasteiger charge is -2.02. The quantitative estimate of drug-likeness (QED) is 0.252. The summed E-state index contributed by atoms with van der Waals surface area (Å²) in [5, 5.41) is 4.03. The number of nitrogens with zero attached hydrogens (tertiary/aromatic N) is 3. The van der Waals surface area contributed by atoms with Crippen molar-refractivity contribution in [2.45, 2.75) is 19.8 Å². The minimum atomic E-state index is 0.0490. The van der Waals surface area contributed by atoms with Crippen LogP contribution in [0.25, 0.3) is 10.4 Å².